The van der Waals surface area contributed by atoms with Crippen LogP contribution in [0.15, 0.2) is 24.5 Å². The lowest BCUT2D eigenvalue weighted by molar-refractivity contribution is 0.0722. The van der Waals surface area contributed by atoms with E-state index in [4.69, 9.17) is 9.47 Å². The minimum Gasteiger partial charge on any atom is -0.497 e. The molecule has 2 aliphatic rings. The molecular weight excluding hydrogens is 344 g/mol. The van der Waals surface area contributed by atoms with E-state index in [2.05, 4.69) is 21.7 Å². The van der Waals surface area contributed by atoms with Crippen molar-refractivity contribution in [3.05, 3.63) is 35.9 Å². The summed E-state index contributed by atoms with van der Waals surface area (Å²) in [7, 11) is 3.19. The molecule has 144 valence electrons. The molecule has 7 nitrogen and oxygen atoms in total. The molecule has 2 heterocycles. The van der Waals surface area contributed by atoms with Crippen LogP contribution in [0.25, 0.3) is 0 Å². The van der Waals surface area contributed by atoms with Gasteiger partial charge >= 0.3 is 0 Å². The number of likely N-dealkylation sites (tertiary alicyclic amines) is 1. The van der Waals surface area contributed by atoms with Crippen LogP contribution in [0.5, 0.6) is 11.5 Å². The van der Waals surface area contributed by atoms with Gasteiger partial charge in [0.15, 0.2) is 0 Å². The van der Waals surface area contributed by atoms with Crippen LogP contribution >= 0.6 is 0 Å². The number of methoxy groups -OCH3 is 2. The Hall–Kier alpha value is -2.57. The molecule has 1 saturated heterocycles. The van der Waals surface area contributed by atoms with Gasteiger partial charge in [-0.05, 0) is 37.3 Å². The van der Waals surface area contributed by atoms with Crippen LogP contribution in [-0.4, -0.2) is 52.9 Å². The second-order valence-corrected chi connectivity index (χ2v) is 7.53. The van der Waals surface area contributed by atoms with E-state index < -0.39 is 0 Å². The third kappa shape index (κ3) is 2.95. The number of benzene rings is 1. The van der Waals surface area contributed by atoms with Gasteiger partial charge in [0.2, 0.25) is 0 Å². The van der Waals surface area contributed by atoms with Crippen molar-refractivity contribution in [1.82, 2.24) is 19.7 Å². The SMILES string of the molecule is CCn1cnnc1C1CN(C(=O)c2cc(OC)cc(OC)c2)CC12CCC2. The van der Waals surface area contributed by atoms with Crippen LogP contribution in [-0.2, 0) is 6.54 Å². The number of aromatic nitrogens is 3. The summed E-state index contributed by atoms with van der Waals surface area (Å²) in [5.74, 6) is 2.51. The van der Waals surface area contributed by atoms with E-state index >= 15 is 0 Å². The molecule has 1 spiro atoms. The Bertz CT molecular complexity index is 821. The molecule has 1 unspecified atom stereocenters. The van der Waals surface area contributed by atoms with Gasteiger partial charge in [0.1, 0.15) is 23.7 Å². The number of carbonyl (C=O) groups excluding carboxylic acids is 1. The summed E-state index contributed by atoms with van der Waals surface area (Å²) in [6, 6.07) is 5.33. The molecular formula is C20H26N4O3. The maximum atomic E-state index is 13.3. The third-order valence-corrected chi connectivity index (χ3v) is 6.18. The number of rotatable bonds is 5. The summed E-state index contributed by atoms with van der Waals surface area (Å²) in [5.41, 5.74) is 0.733. The third-order valence-electron chi connectivity index (χ3n) is 6.18. The normalized spacial score (nSPS) is 20.6. The molecule has 1 saturated carbocycles. The zero-order chi connectivity index (χ0) is 19.0. The predicted octanol–water partition coefficient (Wildman–Crippen LogP) is 2.73. The van der Waals surface area contributed by atoms with Crippen molar-refractivity contribution in [3.63, 3.8) is 0 Å². The number of aryl methyl sites for hydroxylation is 1. The molecule has 1 aromatic heterocycles. The quantitative estimate of drug-likeness (QED) is 0.809. The Labute approximate surface area is 159 Å². The molecule has 0 radical (unpaired) electrons. The highest BCUT2D eigenvalue weighted by molar-refractivity contribution is 5.95. The lowest BCUT2D eigenvalue weighted by Crippen LogP contribution is -2.38. The lowest BCUT2D eigenvalue weighted by atomic mass is 9.62. The average molecular weight is 370 g/mol. The van der Waals surface area contributed by atoms with Crippen LogP contribution in [0.2, 0.25) is 0 Å². The van der Waals surface area contributed by atoms with Crippen LogP contribution in [0.4, 0.5) is 0 Å². The van der Waals surface area contributed by atoms with Crippen molar-refractivity contribution in [2.75, 3.05) is 27.3 Å². The summed E-state index contributed by atoms with van der Waals surface area (Å²) in [6.07, 6.45) is 5.28. The smallest absolute Gasteiger partial charge is 0.254 e. The molecule has 0 N–H and O–H groups in total. The molecule has 1 amide bonds. The zero-order valence-corrected chi connectivity index (χ0v) is 16.1. The largest absolute Gasteiger partial charge is 0.497 e. The fourth-order valence-electron chi connectivity index (χ4n) is 4.51. The Kier molecular flexibility index (Phi) is 4.53. The van der Waals surface area contributed by atoms with Crippen molar-refractivity contribution < 1.29 is 14.3 Å². The fraction of sp³-hybridized carbons (Fsp3) is 0.550. The molecule has 7 heteroatoms. The summed E-state index contributed by atoms with van der Waals surface area (Å²) in [6.45, 7) is 4.39. The Morgan fingerprint density at radius 3 is 2.48 bits per heavy atom. The van der Waals surface area contributed by atoms with Crippen LogP contribution < -0.4 is 9.47 Å². The van der Waals surface area contributed by atoms with Crippen molar-refractivity contribution in [3.8, 4) is 11.5 Å². The van der Waals surface area contributed by atoms with E-state index in [-0.39, 0.29) is 17.2 Å². The standard InChI is InChI=1S/C20H26N4O3/c1-4-23-13-21-22-18(23)17-11-24(12-20(17)6-5-7-20)19(25)14-8-15(26-2)10-16(9-14)27-3/h8-10,13,17H,4-7,11-12H2,1-3H3. The molecule has 0 bridgehead atoms. The summed E-state index contributed by atoms with van der Waals surface area (Å²) in [5, 5.41) is 8.51. The molecule has 1 aliphatic carbocycles. The highest BCUT2D eigenvalue weighted by Gasteiger charge is 2.53. The first-order valence-electron chi connectivity index (χ1n) is 9.50. The van der Waals surface area contributed by atoms with Gasteiger partial charge in [0.25, 0.3) is 5.91 Å². The van der Waals surface area contributed by atoms with Gasteiger partial charge in [-0.25, -0.2) is 0 Å². The number of hydrogen-bond acceptors (Lipinski definition) is 5. The number of ether oxygens (including phenoxy) is 2. The summed E-state index contributed by atoms with van der Waals surface area (Å²) < 4.78 is 12.7. The van der Waals surface area contributed by atoms with E-state index in [9.17, 15) is 4.79 Å². The van der Waals surface area contributed by atoms with Crippen LogP contribution in [0.1, 0.15) is 48.3 Å². The van der Waals surface area contributed by atoms with Crippen molar-refractivity contribution in [2.24, 2.45) is 5.41 Å². The number of carbonyl (C=O) groups is 1. The monoisotopic (exact) mass is 370 g/mol. The summed E-state index contributed by atoms with van der Waals surface area (Å²) in [4.78, 5) is 15.2. The Balaban J connectivity index is 1.63. The Morgan fingerprint density at radius 2 is 1.93 bits per heavy atom. The minimum absolute atomic E-state index is 0.0172. The molecule has 4 rings (SSSR count). The van der Waals surface area contributed by atoms with E-state index in [1.165, 1.54) is 6.42 Å². The average Bonchev–Trinajstić information content (AvgIpc) is 3.30. The molecule has 1 atom stereocenters. The topological polar surface area (TPSA) is 69.5 Å². The number of hydrogen-bond donors (Lipinski definition) is 0. The molecule has 1 aliphatic heterocycles. The first-order valence-corrected chi connectivity index (χ1v) is 9.50. The highest BCUT2D eigenvalue weighted by Crippen LogP contribution is 2.55. The van der Waals surface area contributed by atoms with Gasteiger partial charge in [-0.15, -0.1) is 10.2 Å². The molecule has 27 heavy (non-hydrogen) atoms. The van der Waals surface area contributed by atoms with Gasteiger partial charge in [0, 0.05) is 37.2 Å². The van der Waals surface area contributed by atoms with Crippen LogP contribution in [0.3, 0.4) is 0 Å². The fourth-order valence-corrected chi connectivity index (χ4v) is 4.51. The van der Waals surface area contributed by atoms with Gasteiger partial charge in [-0.2, -0.15) is 0 Å². The van der Waals surface area contributed by atoms with E-state index in [1.807, 2.05) is 4.90 Å². The maximum Gasteiger partial charge on any atom is 0.254 e. The second kappa shape index (κ2) is 6.87. The maximum absolute atomic E-state index is 13.3. The number of nitrogens with zero attached hydrogens (tertiary/aromatic N) is 4. The van der Waals surface area contributed by atoms with Crippen molar-refractivity contribution in [1.29, 1.82) is 0 Å². The van der Waals surface area contributed by atoms with Crippen molar-refractivity contribution >= 4 is 5.91 Å². The summed E-state index contributed by atoms with van der Waals surface area (Å²) >= 11 is 0. The lowest BCUT2D eigenvalue weighted by Gasteiger charge is -2.42. The van der Waals surface area contributed by atoms with Gasteiger partial charge in [-0.3, -0.25) is 4.79 Å². The molecule has 2 fully saturated rings. The first kappa shape index (κ1) is 17.8. The Morgan fingerprint density at radius 1 is 1.22 bits per heavy atom. The zero-order valence-electron chi connectivity index (χ0n) is 16.1. The van der Waals surface area contributed by atoms with E-state index in [1.54, 1.807) is 38.7 Å². The second-order valence-electron chi connectivity index (χ2n) is 7.53. The number of amides is 1. The minimum atomic E-state index is 0.0172. The van der Waals surface area contributed by atoms with Crippen LogP contribution in [0, 0.1) is 5.41 Å². The van der Waals surface area contributed by atoms with E-state index in [0.717, 1.165) is 31.8 Å². The van der Waals surface area contributed by atoms with Crippen molar-refractivity contribution in [2.45, 2.75) is 38.6 Å². The predicted molar refractivity (Wildman–Crippen MR) is 100 cm³/mol. The van der Waals surface area contributed by atoms with Gasteiger partial charge in [-0.1, -0.05) is 6.42 Å². The molecule has 2 aromatic rings. The highest BCUT2D eigenvalue weighted by atomic mass is 16.5. The van der Waals surface area contributed by atoms with Gasteiger partial charge in [0.05, 0.1) is 14.2 Å². The first-order chi connectivity index (χ1) is 13.1. The van der Waals surface area contributed by atoms with Gasteiger partial charge < -0.3 is 18.9 Å². The van der Waals surface area contributed by atoms with E-state index in [0.29, 0.717) is 23.6 Å². The molecule has 1 aromatic carbocycles.